The molecule has 18 nitrogen and oxygen atoms in total. The second-order valence-electron chi connectivity index (χ2n) is 14.3. The number of anilines is 4. The maximum Gasteiger partial charge on any atom is 0.343 e. The average Bonchev–Trinajstić information content (AvgIpc) is 3.69. The SMILES string of the molecule is Nc1nc(Nc2ccc(S(=O)(=O)N3CCN(CC4CCN(c5ccc6c(c5)C(=O)N(N5CCC(=O)NC5=O)C6=O)CC4)CC3)cc2)nn1C(=O)c1c(F)cccc1F. The van der Waals surface area contributed by atoms with Crippen LogP contribution in [0.3, 0.4) is 0 Å². The van der Waals surface area contributed by atoms with E-state index < -0.39 is 62.8 Å². The number of piperidine rings is 1. The third-order valence-corrected chi connectivity index (χ3v) is 12.6. The normalized spacial score (nSPS) is 18.5. The Bertz CT molecular complexity index is 2430. The first kappa shape index (κ1) is 38.5. The molecule has 4 aliphatic heterocycles. The number of hydrogen-bond donors (Lipinski definition) is 3. The lowest BCUT2D eigenvalue weighted by atomic mass is 9.95. The molecule has 3 saturated heterocycles. The maximum absolute atomic E-state index is 14.2. The van der Waals surface area contributed by atoms with Crippen LogP contribution in [0.15, 0.2) is 65.6 Å². The minimum absolute atomic E-state index is 0.0189. The summed E-state index contributed by atoms with van der Waals surface area (Å²) in [5.74, 6) is -5.17. The van der Waals surface area contributed by atoms with Gasteiger partial charge in [0.2, 0.25) is 27.8 Å². The predicted octanol–water partition coefficient (Wildman–Crippen LogP) is 2.25. The van der Waals surface area contributed by atoms with E-state index >= 15 is 0 Å². The van der Waals surface area contributed by atoms with Crippen LogP contribution in [-0.2, 0) is 14.8 Å². The number of hydrazine groups is 1. The molecule has 302 valence electrons. The quantitative estimate of drug-likeness (QED) is 0.207. The number of benzene rings is 3. The summed E-state index contributed by atoms with van der Waals surface area (Å²) in [5.41, 5.74) is 6.54. The number of nitrogen functional groups attached to an aromatic ring is 1. The standard InChI is InChI=1S/C37H37F2N11O7S/c38-28-2-1-3-29(39)31(28)34(54)49-35(40)43-36(44-49)41-23-4-7-25(8-5-23)58(56,57)47-18-16-45(17-19-47)21-22-10-13-46(14-11-22)24-6-9-26-27(20-24)33(53)50(32(26)52)48-15-12-30(51)42-37(48)55/h1-9,20,22H,10-19,21H2,(H,42,51,55)(H3,40,41,43,44). The van der Waals surface area contributed by atoms with Crippen LogP contribution in [0.1, 0.15) is 50.3 Å². The number of rotatable bonds is 9. The molecule has 0 radical (unpaired) electrons. The van der Waals surface area contributed by atoms with Crippen LogP contribution in [0.25, 0.3) is 0 Å². The number of imide groups is 2. The molecule has 5 amide bonds. The monoisotopic (exact) mass is 817 g/mol. The van der Waals surface area contributed by atoms with Gasteiger partial charge in [0.15, 0.2) is 0 Å². The largest absolute Gasteiger partial charge is 0.371 e. The molecule has 1 aromatic heterocycles. The fourth-order valence-electron chi connectivity index (χ4n) is 7.59. The van der Waals surface area contributed by atoms with E-state index in [1.54, 1.807) is 18.2 Å². The Morgan fingerprint density at radius 3 is 2.21 bits per heavy atom. The highest BCUT2D eigenvalue weighted by molar-refractivity contribution is 7.89. The van der Waals surface area contributed by atoms with Gasteiger partial charge < -0.3 is 20.9 Å². The highest BCUT2D eigenvalue weighted by atomic mass is 32.2. The van der Waals surface area contributed by atoms with E-state index in [1.807, 2.05) is 0 Å². The highest BCUT2D eigenvalue weighted by Gasteiger charge is 2.43. The minimum atomic E-state index is -3.81. The van der Waals surface area contributed by atoms with Gasteiger partial charge in [0, 0.05) is 63.6 Å². The van der Waals surface area contributed by atoms with Gasteiger partial charge in [-0.15, -0.1) is 5.10 Å². The lowest BCUT2D eigenvalue weighted by Crippen LogP contribution is -2.58. The topological polar surface area (TPSA) is 216 Å². The molecule has 3 fully saturated rings. The molecule has 0 saturated carbocycles. The first-order valence-electron chi connectivity index (χ1n) is 18.5. The van der Waals surface area contributed by atoms with Crippen LogP contribution in [0.4, 0.5) is 36.8 Å². The summed E-state index contributed by atoms with van der Waals surface area (Å²) in [5, 5.41) is 10.6. The van der Waals surface area contributed by atoms with E-state index in [2.05, 4.69) is 30.5 Å². The van der Waals surface area contributed by atoms with E-state index in [0.717, 1.165) is 66.4 Å². The van der Waals surface area contributed by atoms with Gasteiger partial charge in [0.05, 0.1) is 22.6 Å². The van der Waals surface area contributed by atoms with Crippen LogP contribution in [-0.4, -0.2) is 124 Å². The van der Waals surface area contributed by atoms with Crippen molar-refractivity contribution in [2.45, 2.75) is 24.2 Å². The van der Waals surface area contributed by atoms with Gasteiger partial charge in [-0.3, -0.25) is 24.5 Å². The molecule has 0 bridgehead atoms. The number of nitrogens with two attached hydrogens (primary N) is 1. The van der Waals surface area contributed by atoms with Crippen molar-refractivity contribution in [3.8, 4) is 0 Å². The molecule has 4 N–H and O–H groups in total. The first-order chi connectivity index (χ1) is 27.8. The third-order valence-electron chi connectivity index (χ3n) is 10.7. The maximum atomic E-state index is 14.2. The number of carbonyl (C=O) groups is 5. The van der Waals surface area contributed by atoms with Crippen molar-refractivity contribution in [2.75, 3.05) is 68.3 Å². The summed E-state index contributed by atoms with van der Waals surface area (Å²) in [6.45, 7) is 3.93. The number of amides is 5. The van der Waals surface area contributed by atoms with Crippen molar-refractivity contribution in [3.63, 3.8) is 0 Å². The summed E-state index contributed by atoms with van der Waals surface area (Å²) >= 11 is 0. The van der Waals surface area contributed by atoms with E-state index in [0.29, 0.717) is 42.5 Å². The highest BCUT2D eigenvalue weighted by Crippen LogP contribution is 2.32. The summed E-state index contributed by atoms with van der Waals surface area (Å²) < 4.78 is 57.4. The van der Waals surface area contributed by atoms with Crippen molar-refractivity contribution in [2.24, 2.45) is 5.92 Å². The van der Waals surface area contributed by atoms with Crippen LogP contribution < -0.4 is 21.3 Å². The van der Waals surface area contributed by atoms with E-state index in [-0.39, 0.29) is 34.9 Å². The molecule has 3 aromatic carbocycles. The smallest absolute Gasteiger partial charge is 0.343 e. The fraction of sp³-hybridized carbons (Fsp3) is 0.324. The Morgan fingerprint density at radius 1 is 0.862 bits per heavy atom. The van der Waals surface area contributed by atoms with Gasteiger partial charge >= 0.3 is 6.03 Å². The van der Waals surface area contributed by atoms with Crippen molar-refractivity contribution < 1.29 is 41.2 Å². The summed E-state index contributed by atoms with van der Waals surface area (Å²) in [7, 11) is -3.81. The Morgan fingerprint density at radius 2 is 1.53 bits per heavy atom. The zero-order valence-corrected chi connectivity index (χ0v) is 31.6. The van der Waals surface area contributed by atoms with Gasteiger partial charge in [0.1, 0.15) is 17.2 Å². The molecule has 5 heterocycles. The predicted molar refractivity (Wildman–Crippen MR) is 202 cm³/mol. The lowest BCUT2D eigenvalue weighted by Gasteiger charge is -2.39. The molecule has 0 unspecified atom stereocenters. The number of sulfonamides is 1. The number of piperazine rings is 1. The number of nitrogens with one attached hydrogen (secondary N) is 2. The molecule has 4 aliphatic rings. The number of carbonyl (C=O) groups excluding carboxylic acids is 5. The molecule has 0 atom stereocenters. The average molecular weight is 818 g/mol. The summed E-state index contributed by atoms with van der Waals surface area (Å²) in [4.78, 5) is 71.4. The number of halogens is 2. The van der Waals surface area contributed by atoms with E-state index in [4.69, 9.17) is 5.73 Å². The number of aromatic nitrogens is 3. The number of hydrogen-bond acceptors (Lipinski definition) is 13. The fourth-order valence-corrected chi connectivity index (χ4v) is 9.01. The zero-order chi connectivity index (χ0) is 40.9. The number of fused-ring (bicyclic) bond motifs is 1. The first-order valence-corrected chi connectivity index (χ1v) is 19.9. The van der Waals surface area contributed by atoms with Crippen LogP contribution in [0, 0.1) is 17.6 Å². The Labute approximate surface area is 330 Å². The Balaban J connectivity index is 0.814. The van der Waals surface area contributed by atoms with Crippen molar-refractivity contribution in [1.82, 2.24) is 39.3 Å². The molecular weight excluding hydrogens is 781 g/mol. The Hall–Kier alpha value is -6.32. The Kier molecular flexibility index (Phi) is 10.1. The van der Waals surface area contributed by atoms with Crippen molar-refractivity contribution in [3.05, 3.63) is 89.0 Å². The second-order valence-corrected chi connectivity index (χ2v) is 16.2. The van der Waals surface area contributed by atoms with E-state index in [9.17, 15) is 41.2 Å². The third kappa shape index (κ3) is 7.22. The zero-order valence-electron chi connectivity index (χ0n) is 30.8. The number of nitrogens with zero attached hydrogens (tertiary/aromatic N) is 8. The molecule has 58 heavy (non-hydrogen) atoms. The van der Waals surface area contributed by atoms with Crippen molar-refractivity contribution in [1.29, 1.82) is 0 Å². The molecule has 4 aromatic rings. The number of urea groups is 1. The van der Waals surface area contributed by atoms with E-state index in [1.165, 1.54) is 28.6 Å². The molecule has 8 rings (SSSR count). The van der Waals surface area contributed by atoms with Gasteiger partial charge in [-0.1, -0.05) is 6.07 Å². The second kappa shape index (κ2) is 15.2. The molecule has 0 spiro atoms. The summed E-state index contributed by atoms with van der Waals surface area (Å²) in [6.07, 6.45) is 1.73. The van der Waals surface area contributed by atoms with Gasteiger partial charge in [-0.2, -0.15) is 19.0 Å². The van der Waals surface area contributed by atoms with Gasteiger partial charge in [0.25, 0.3) is 17.7 Å². The van der Waals surface area contributed by atoms with Gasteiger partial charge in [-0.05, 0) is 73.4 Å². The van der Waals surface area contributed by atoms with Crippen LogP contribution in [0.5, 0.6) is 0 Å². The van der Waals surface area contributed by atoms with Crippen LogP contribution >= 0.6 is 0 Å². The lowest BCUT2D eigenvalue weighted by molar-refractivity contribution is -0.122. The molecular formula is C37H37F2N11O7S. The van der Waals surface area contributed by atoms with Crippen LogP contribution in [0.2, 0.25) is 0 Å². The molecule has 21 heteroatoms. The summed E-state index contributed by atoms with van der Waals surface area (Å²) in [6, 6.07) is 13.1. The van der Waals surface area contributed by atoms with Gasteiger partial charge in [-0.25, -0.2) is 27.0 Å². The minimum Gasteiger partial charge on any atom is -0.371 e. The van der Waals surface area contributed by atoms with Crippen molar-refractivity contribution >= 4 is 63.0 Å². The molecule has 0 aliphatic carbocycles.